The lowest BCUT2D eigenvalue weighted by Gasteiger charge is -2.32. The second-order valence-electron chi connectivity index (χ2n) is 7.80. The number of furan rings is 1. The van der Waals surface area contributed by atoms with Gasteiger partial charge in [0.05, 0.1) is 16.7 Å². The number of amides is 2. The predicted octanol–water partition coefficient (Wildman–Crippen LogP) is 2.30. The highest BCUT2D eigenvalue weighted by Gasteiger charge is 2.29. The number of nitrogens with zero attached hydrogens (tertiary/aromatic N) is 2. The third-order valence-corrected chi connectivity index (χ3v) is 7.39. The van der Waals surface area contributed by atoms with Crippen molar-refractivity contribution < 1.29 is 22.4 Å². The van der Waals surface area contributed by atoms with E-state index in [1.165, 1.54) is 12.5 Å². The molecule has 0 unspecified atom stereocenters. The standard InChI is InChI=1S/C21H25N3O5S/c1-15-13-18(24-9-2-3-20(24)25)4-5-19(15)30(27,28)22-17-6-10-23(11-7-17)21(26)16-8-12-29-14-16/h4-5,8,12-14,17,22H,2-3,6-7,9-11H2,1H3. The third kappa shape index (κ3) is 4.13. The number of piperidine rings is 1. The lowest BCUT2D eigenvalue weighted by molar-refractivity contribution is -0.117. The minimum Gasteiger partial charge on any atom is -0.472 e. The second kappa shape index (κ2) is 8.23. The normalized spacial score (nSPS) is 18.2. The van der Waals surface area contributed by atoms with Gasteiger partial charge in [-0.3, -0.25) is 9.59 Å². The van der Waals surface area contributed by atoms with Crippen LogP contribution in [0.3, 0.4) is 0 Å². The fourth-order valence-electron chi connectivity index (χ4n) is 4.08. The van der Waals surface area contributed by atoms with E-state index in [-0.39, 0.29) is 22.8 Å². The summed E-state index contributed by atoms with van der Waals surface area (Å²) in [4.78, 5) is 28.0. The van der Waals surface area contributed by atoms with Gasteiger partial charge < -0.3 is 14.2 Å². The zero-order valence-electron chi connectivity index (χ0n) is 16.8. The van der Waals surface area contributed by atoms with E-state index < -0.39 is 10.0 Å². The summed E-state index contributed by atoms with van der Waals surface area (Å²) in [5.74, 6) is -0.0344. The highest BCUT2D eigenvalue weighted by molar-refractivity contribution is 7.89. The Kier molecular flexibility index (Phi) is 5.66. The Labute approximate surface area is 175 Å². The Morgan fingerprint density at radius 3 is 2.53 bits per heavy atom. The maximum Gasteiger partial charge on any atom is 0.257 e. The van der Waals surface area contributed by atoms with Gasteiger partial charge in [0.2, 0.25) is 15.9 Å². The van der Waals surface area contributed by atoms with Crippen molar-refractivity contribution in [2.24, 2.45) is 0 Å². The molecule has 30 heavy (non-hydrogen) atoms. The number of carbonyl (C=O) groups is 2. The third-order valence-electron chi connectivity index (χ3n) is 5.71. The van der Waals surface area contributed by atoms with Gasteiger partial charge in [-0.15, -0.1) is 0 Å². The van der Waals surface area contributed by atoms with E-state index in [2.05, 4.69) is 4.72 Å². The van der Waals surface area contributed by atoms with Gasteiger partial charge in [0, 0.05) is 37.8 Å². The average Bonchev–Trinajstić information content (AvgIpc) is 3.39. The highest BCUT2D eigenvalue weighted by Crippen LogP contribution is 2.26. The molecule has 160 valence electrons. The molecule has 2 amide bonds. The lowest BCUT2D eigenvalue weighted by atomic mass is 10.1. The van der Waals surface area contributed by atoms with E-state index in [9.17, 15) is 18.0 Å². The molecular formula is C21H25N3O5S. The molecule has 9 heteroatoms. The molecule has 1 aromatic carbocycles. The maximum absolute atomic E-state index is 12.9. The van der Waals surface area contributed by atoms with Crippen molar-refractivity contribution in [3.8, 4) is 0 Å². The molecule has 2 fully saturated rings. The molecule has 2 aromatic rings. The van der Waals surface area contributed by atoms with Crippen LogP contribution in [0, 0.1) is 6.92 Å². The molecule has 1 aromatic heterocycles. The number of rotatable bonds is 5. The van der Waals surface area contributed by atoms with Gasteiger partial charge >= 0.3 is 0 Å². The van der Waals surface area contributed by atoms with Crippen LogP contribution in [0.15, 0.2) is 46.1 Å². The van der Waals surface area contributed by atoms with E-state index in [0.717, 1.165) is 12.1 Å². The summed E-state index contributed by atoms with van der Waals surface area (Å²) in [5, 5.41) is 0. The zero-order chi connectivity index (χ0) is 21.3. The summed E-state index contributed by atoms with van der Waals surface area (Å²) < 4.78 is 33.6. The number of likely N-dealkylation sites (tertiary alicyclic amines) is 1. The first-order chi connectivity index (χ1) is 14.3. The molecule has 0 radical (unpaired) electrons. The summed E-state index contributed by atoms with van der Waals surface area (Å²) >= 11 is 0. The van der Waals surface area contributed by atoms with Crippen LogP contribution in [0.2, 0.25) is 0 Å². The monoisotopic (exact) mass is 431 g/mol. The van der Waals surface area contributed by atoms with E-state index in [4.69, 9.17) is 4.42 Å². The Hall–Kier alpha value is -2.65. The SMILES string of the molecule is Cc1cc(N2CCCC2=O)ccc1S(=O)(=O)NC1CCN(C(=O)c2ccoc2)CC1. The smallest absolute Gasteiger partial charge is 0.257 e. The van der Waals surface area contributed by atoms with Crippen molar-refractivity contribution >= 4 is 27.5 Å². The van der Waals surface area contributed by atoms with Crippen LogP contribution in [0.1, 0.15) is 41.6 Å². The van der Waals surface area contributed by atoms with E-state index in [1.54, 1.807) is 41.0 Å². The second-order valence-corrected chi connectivity index (χ2v) is 9.48. The quantitative estimate of drug-likeness (QED) is 0.783. The lowest BCUT2D eigenvalue weighted by Crippen LogP contribution is -2.46. The topological polar surface area (TPSA) is 99.9 Å². The molecule has 4 rings (SSSR count). The summed E-state index contributed by atoms with van der Waals surface area (Å²) in [6, 6.07) is 6.40. The van der Waals surface area contributed by atoms with Crippen LogP contribution >= 0.6 is 0 Å². The summed E-state index contributed by atoms with van der Waals surface area (Å²) in [6.45, 7) is 3.36. The molecule has 0 saturated carbocycles. The number of hydrogen-bond acceptors (Lipinski definition) is 5. The average molecular weight is 432 g/mol. The van der Waals surface area contributed by atoms with Crippen LogP contribution < -0.4 is 9.62 Å². The van der Waals surface area contributed by atoms with Crippen molar-refractivity contribution in [3.63, 3.8) is 0 Å². The summed E-state index contributed by atoms with van der Waals surface area (Å²) in [5.41, 5.74) is 1.84. The van der Waals surface area contributed by atoms with Crippen LogP contribution in [0.25, 0.3) is 0 Å². The number of benzene rings is 1. The molecule has 8 nitrogen and oxygen atoms in total. The van der Waals surface area contributed by atoms with Gasteiger partial charge in [-0.25, -0.2) is 13.1 Å². The summed E-state index contributed by atoms with van der Waals surface area (Å²) in [7, 11) is -3.70. The van der Waals surface area contributed by atoms with E-state index >= 15 is 0 Å². The van der Waals surface area contributed by atoms with Crippen LogP contribution in [0.4, 0.5) is 5.69 Å². The van der Waals surface area contributed by atoms with Crippen LogP contribution in [0.5, 0.6) is 0 Å². The van der Waals surface area contributed by atoms with Crippen LogP contribution in [-0.2, 0) is 14.8 Å². The largest absolute Gasteiger partial charge is 0.472 e. The van der Waals surface area contributed by atoms with Crippen LogP contribution in [-0.4, -0.2) is 50.8 Å². The molecule has 0 aliphatic carbocycles. The van der Waals surface area contributed by atoms with Gasteiger partial charge in [-0.2, -0.15) is 0 Å². The highest BCUT2D eigenvalue weighted by atomic mass is 32.2. The maximum atomic E-state index is 12.9. The first-order valence-corrected chi connectivity index (χ1v) is 11.6. The molecule has 0 atom stereocenters. The van der Waals surface area contributed by atoms with Gasteiger partial charge in [0.1, 0.15) is 6.26 Å². The van der Waals surface area contributed by atoms with Gasteiger partial charge in [-0.1, -0.05) is 0 Å². The van der Waals surface area contributed by atoms with Crippen molar-refractivity contribution in [1.82, 2.24) is 9.62 Å². The van der Waals surface area contributed by atoms with Crippen molar-refractivity contribution in [1.29, 1.82) is 0 Å². The number of hydrogen-bond donors (Lipinski definition) is 1. The van der Waals surface area contributed by atoms with Gasteiger partial charge in [0.15, 0.2) is 0 Å². The molecule has 3 heterocycles. The molecule has 2 saturated heterocycles. The van der Waals surface area contributed by atoms with E-state index in [0.29, 0.717) is 50.0 Å². The number of anilines is 1. The first-order valence-electron chi connectivity index (χ1n) is 10.1. The van der Waals surface area contributed by atoms with Crippen molar-refractivity contribution in [2.45, 2.75) is 43.5 Å². The fourth-order valence-corrected chi connectivity index (χ4v) is 5.61. The number of carbonyl (C=O) groups excluding carboxylic acids is 2. The van der Waals surface area contributed by atoms with Gasteiger partial charge in [-0.05, 0) is 56.0 Å². The molecule has 2 aliphatic heterocycles. The Bertz CT molecular complexity index is 1040. The zero-order valence-corrected chi connectivity index (χ0v) is 17.7. The number of sulfonamides is 1. The van der Waals surface area contributed by atoms with Crippen molar-refractivity contribution in [3.05, 3.63) is 47.9 Å². The number of nitrogens with one attached hydrogen (secondary N) is 1. The van der Waals surface area contributed by atoms with E-state index in [1.807, 2.05) is 0 Å². The predicted molar refractivity (Wildman–Crippen MR) is 111 cm³/mol. The minimum atomic E-state index is -3.70. The molecule has 0 bridgehead atoms. The molecular weight excluding hydrogens is 406 g/mol. The Balaban J connectivity index is 1.40. The van der Waals surface area contributed by atoms with Crippen molar-refractivity contribution in [2.75, 3.05) is 24.5 Å². The Morgan fingerprint density at radius 2 is 1.93 bits per heavy atom. The molecule has 0 spiro atoms. The number of aryl methyl sites for hydroxylation is 1. The minimum absolute atomic E-state index is 0.0693. The summed E-state index contributed by atoms with van der Waals surface area (Å²) in [6.07, 6.45) is 5.31. The molecule has 2 aliphatic rings. The Morgan fingerprint density at radius 1 is 1.17 bits per heavy atom. The fraction of sp³-hybridized carbons (Fsp3) is 0.429. The first kappa shape index (κ1) is 20.6. The molecule has 1 N–H and O–H groups in total. The van der Waals surface area contributed by atoms with Gasteiger partial charge in [0.25, 0.3) is 5.91 Å².